The van der Waals surface area contributed by atoms with Crippen molar-refractivity contribution < 1.29 is 4.55 Å². The van der Waals surface area contributed by atoms with Crippen LogP contribution in [0.2, 0.25) is 0 Å². The average Bonchev–Trinajstić information content (AvgIpc) is 3.12. The van der Waals surface area contributed by atoms with Gasteiger partial charge in [-0.3, -0.25) is 4.90 Å². The molecule has 0 amide bonds. The van der Waals surface area contributed by atoms with E-state index in [0.29, 0.717) is 6.04 Å². The van der Waals surface area contributed by atoms with Gasteiger partial charge in [0.2, 0.25) is 0 Å². The molecule has 2 aromatic carbocycles. The van der Waals surface area contributed by atoms with Crippen LogP contribution < -0.4 is 0 Å². The molecule has 2 heterocycles. The molecule has 3 nitrogen and oxygen atoms in total. The second-order valence-electron chi connectivity index (χ2n) is 8.93. The molecule has 0 bridgehead atoms. The van der Waals surface area contributed by atoms with Gasteiger partial charge in [-0.1, -0.05) is 42.5 Å². The van der Waals surface area contributed by atoms with Gasteiger partial charge in [-0.15, -0.1) is 4.31 Å². The standard InChI is InChI=1S/C23H30N2OS/c1-16-21-9-7-6-8-19(21)14-24(16)13-18-10-11-20-15-25(17(2)22(20)12-18)27(26)23(3,4)5/h6-12,16-17H,13-15H2,1-5H3/t16-,17-,27-/m0/s1. The van der Waals surface area contributed by atoms with E-state index >= 15 is 0 Å². The summed E-state index contributed by atoms with van der Waals surface area (Å²) in [5, 5.41) is 0. The first kappa shape index (κ1) is 19.0. The molecule has 3 atom stereocenters. The Labute approximate surface area is 166 Å². The first-order valence-electron chi connectivity index (χ1n) is 9.88. The third kappa shape index (κ3) is 3.44. The third-order valence-electron chi connectivity index (χ3n) is 5.97. The Kier molecular flexibility index (Phi) is 4.88. The predicted molar refractivity (Wildman–Crippen MR) is 112 cm³/mol. The van der Waals surface area contributed by atoms with Gasteiger partial charge >= 0.3 is 0 Å². The highest BCUT2D eigenvalue weighted by Crippen LogP contribution is 2.40. The highest BCUT2D eigenvalue weighted by atomic mass is 32.2. The Morgan fingerprint density at radius 1 is 0.963 bits per heavy atom. The Balaban J connectivity index is 1.52. The van der Waals surface area contributed by atoms with Crippen molar-refractivity contribution in [3.63, 3.8) is 0 Å². The van der Waals surface area contributed by atoms with Crippen LogP contribution in [-0.4, -0.2) is 18.5 Å². The molecular weight excluding hydrogens is 352 g/mol. The first-order valence-corrected chi connectivity index (χ1v) is 11.0. The second kappa shape index (κ2) is 6.93. The third-order valence-corrected chi connectivity index (χ3v) is 7.89. The Bertz CT molecular complexity index is 845. The van der Waals surface area contributed by atoms with E-state index < -0.39 is 11.4 Å². The van der Waals surface area contributed by atoms with Gasteiger partial charge in [0.15, 0.2) is 0 Å². The van der Waals surface area contributed by atoms with Gasteiger partial charge in [0, 0.05) is 30.5 Å². The van der Waals surface area contributed by atoms with Crippen LogP contribution in [0.5, 0.6) is 0 Å². The predicted octanol–water partition coefficient (Wildman–Crippen LogP) is 5.10. The molecule has 0 fully saturated rings. The fourth-order valence-corrected chi connectivity index (χ4v) is 5.72. The molecule has 0 spiro atoms. The van der Waals surface area contributed by atoms with Gasteiger partial charge < -0.3 is 4.55 Å². The number of fused-ring (bicyclic) bond motifs is 2. The molecule has 2 aliphatic heterocycles. The van der Waals surface area contributed by atoms with E-state index in [1.165, 1.54) is 27.8 Å². The number of rotatable bonds is 3. The maximum Gasteiger partial charge on any atom is 0.137 e. The summed E-state index contributed by atoms with van der Waals surface area (Å²) in [5.41, 5.74) is 6.92. The van der Waals surface area contributed by atoms with E-state index in [1.807, 2.05) is 0 Å². The summed E-state index contributed by atoms with van der Waals surface area (Å²) in [6.45, 7) is 13.4. The smallest absolute Gasteiger partial charge is 0.137 e. The van der Waals surface area contributed by atoms with Crippen molar-refractivity contribution in [3.8, 4) is 0 Å². The molecule has 0 saturated carbocycles. The summed E-state index contributed by atoms with van der Waals surface area (Å²) in [4.78, 5) is 2.54. The summed E-state index contributed by atoms with van der Waals surface area (Å²) >= 11 is -0.989. The van der Waals surface area contributed by atoms with Crippen LogP contribution in [0.25, 0.3) is 0 Å². The molecule has 0 aromatic heterocycles. The lowest BCUT2D eigenvalue weighted by Gasteiger charge is -2.32. The summed E-state index contributed by atoms with van der Waals surface area (Å²) in [6, 6.07) is 16.3. The monoisotopic (exact) mass is 382 g/mol. The molecular formula is C23H30N2OS. The minimum Gasteiger partial charge on any atom is -0.597 e. The zero-order valence-electron chi connectivity index (χ0n) is 17.0. The maximum absolute atomic E-state index is 12.9. The van der Waals surface area contributed by atoms with Gasteiger partial charge in [0.25, 0.3) is 0 Å². The van der Waals surface area contributed by atoms with Crippen LogP contribution in [0.4, 0.5) is 0 Å². The lowest BCUT2D eigenvalue weighted by Crippen LogP contribution is -2.41. The fourth-order valence-electron chi connectivity index (χ4n) is 4.36. The van der Waals surface area contributed by atoms with Gasteiger partial charge in [-0.2, -0.15) is 0 Å². The number of benzene rings is 2. The number of hydrogen-bond donors (Lipinski definition) is 0. The molecule has 0 unspecified atom stereocenters. The lowest BCUT2D eigenvalue weighted by atomic mass is 10.0. The molecule has 2 aromatic rings. The molecule has 4 rings (SSSR count). The molecule has 0 radical (unpaired) electrons. The number of nitrogens with zero attached hydrogens (tertiary/aromatic N) is 2. The molecule has 2 aliphatic rings. The van der Waals surface area contributed by atoms with E-state index in [1.54, 1.807) is 0 Å². The SMILES string of the molecule is C[C@H]1c2ccccc2CN1Cc1ccc2c(c1)[C@H](C)N([S@@+]([O-])C(C)(C)C)C2. The lowest BCUT2D eigenvalue weighted by molar-refractivity contribution is 0.220. The van der Waals surface area contributed by atoms with E-state index in [0.717, 1.165) is 19.6 Å². The zero-order valence-corrected chi connectivity index (χ0v) is 17.8. The molecule has 27 heavy (non-hydrogen) atoms. The summed E-state index contributed by atoms with van der Waals surface area (Å²) in [6.07, 6.45) is 0. The second-order valence-corrected chi connectivity index (χ2v) is 11.1. The Hall–Kier alpha value is -1.33. The van der Waals surface area contributed by atoms with Crippen molar-refractivity contribution in [2.24, 2.45) is 0 Å². The largest absolute Gasteiger partial charge is 0.597 e. The fraction of sp³-hybridized carbons (Fsp3) is 0.478. The Morgan fingerprint density at radius 2 is 1.67 bits per heavy atom. The molecule has 144 valence electrons. The van der Waals surface area contributed by atoms with E-state index in [9.17, 15) is 4.55 Å². The molecule has 0 aliphatic carbocycles. The molecule has 4 heteroatoms. The van der Waals surface area contributed by atoms with E-state index in [4.69, 9.17) is 0 Å². The van der Waals surface area contributed by atoms with Crippen molar-refractivity contribution in [1.82, 2.24) is 9.21 Å². The summed E-state index contributed by atoms with van der Waals surface area (Å²) in [7, 11) is 0. The van der Waals surface area contributed by atoms with Gasteiger partial charge in [0.1, 0.15) is 4.75 Å². The highest BCUT2D eigenvalue weighted by Gasteiger charge is 2.41. The van der Waals surface area contributed by atoms with Crippen LogP contribution in [0, 0.1) is 0 Å². The van der Waals surface area contributed by atoms with Crippen LogP contribution >= 0.6 is 0 Å². The number of hydrogen-bond acceptors (Lipinski definition) is 3. The van der Waals surface area contributed by atoms with Gasteiger partial charge in [-0.05, 0) is 62.4 Å². The van der Waals surface area contributed by atoms with Gasteiger partial charge in [-0.25, -0.2) is 0 Å². The van der Waals surface area contributed by atoms with Gasteiger partial charge in [0.05, 0.1) is 12.6 Å². The van der Waals surface area contributed by atoms with E-state index in [2.05, 4.69) is 86.3 Å². The molecule has 0 saturated heterocycles. The highest BCUT2D eigenvalue weighted by molar-refractivity contribution is 7.90. The quantitative estimate of drug-likeness (QED) is 0.692. The minimum atomic E-state index is -0.989. The van der Waals surface area contributed by atoms with Crippen LogP contribution in [0.3, 0.4) is 0 Å². The topological polar surface area (TPSA) is 29.5 Å². The minimum absolute atomic E-state index is 0.202. The summed E-state index contributed by atoms with van der Waals surface area (Å²) in [5.74, 6) is 0. The Morgan fingerprint density at radius 3 is 2.37 bits per heavy atom. The van der Waals surface area contributed by atoms with Crippen molar-refractivity contribution in [2.45, 2.75) is 71.1 Å². The zero-order chi connectivity index (χ0) is 19.3. The average molecular weight is 383 g/mol. The van der Waals surface area contributed by atoms with E-state index in [-0.39, 0.29) is 10.8 Å². The molecule has 0 N–H and O–H groups in total. The van der Waals surface area contributed by atoms with Crippen LogP contribution in [0.1, 0.15) is 74.5 Å². The van der Waals surface area contributed by atoms with Crippen LogP contribution in [-0.2, 0) is 31.0 Å². The van der Waals surface area contributed by atoms with Crippen molar-refractivity contribution in [1.29, 1.82) is 0 Å². The van der Waals surface area contributed by atoms with Crippen molar-refractivity contribution in [3.05, 3.63) is 70.3 Å². The van der Waals surface area contributed by atoms with Crippen molar-refractivity contribution >= 4 is 11.4 Å². The normalized spacial score (nSPS) is 24.1. The van der Waals surface area contributed by atoms with Crippen LogP contribution in [0.15, 0.2) is 42.5 Å². The maximum atomic E-state index is 12.9. The first-order chi connectivity index (χ1) is 12.8. The summed E-state index contributed by atoms with van der Waals surface area (Å²) < 4.78 is 14.8. The van der Waals surface area contributed by atoms with Crippen molar-refractivity contribution in [2.75, 3.05) is 0 Å².